The molecule has 0 aliphatic carbocycles. The number of pyridine rings is 1. The third-order valence-corrected chi connectivity index (χ3v) is 4.26. The second-order valence-electron chi connectivity index (χ2n) is 5.57. The Morgan fingerprint density at radius 2 is 1.83 bits per heavy atom. The largest absolute Gasteiger partial charge is 0.490 e. The number of rotatable bonds is 4. The van der Waals surface area contributed by atoms with E-state index in [9.17, 15) is 4.79 Å². The van der Waals surface area contributed by atoms with Gasteiger partial charge in [-0.2, -0.15) is 0 Å². The molecular weight excluding hydrogens is 310 g/mol. The first-order valence-corrected chi connectivity index (χ1v) is 7.93. The van der Waals surface area contributed by atoms with Crippen molar-refractivity contribution in [1.82, 2.24) is 4.57 Å². The van der Waals surface area contributed by atoms with Gasteiger partial charge in [-0.05, 0) is 37.1 Å². The fourth-order valence-corrected chi connectivity index (χ4v) is 3.01. The number of aromatic nitrogens is 1. The van der Waals surface area contributed by atoms with Crippen molar-refractivity contribution in [2.24, 2.45) is 0 Å². The zero-order valence-electron chi connectivity index (χ0n) is 13.2. The van der Waals surface area contributed by atoms with Gasteiger partial charge in [-0.25, -0.2) is 0 Å². The average Bonchev–Trinajstić information content (AvgIpc) is 2.52. The standard InChI is InChI=1S/C19H18ClNO2/c1-13-6-5-7-15-14(2)12-18(22)21(19(13)15)10-11-23-17-9-4-3-8-16(17)20/h3-9,12H,10-11H2,1-2H3. The minimum Gasteiger partial charge on any atom is -0.490 e. The summed E-state index contributed by atoms with van der Waals surface area (Å²) in [5, 5.41) is 1.67. The van der Waals surface area contributed by atoms with E-state index < -0.39 is 0 Å². The molecule has 3 aromatic rings. The number of para-hydroxylation sites is 2. The summed E-state index contributed by atoms with van der Waals surface area (Å²) in [5.74, 6) is 0.635. The number of benzene rings is 2. The monoisotopic (exact) mass is 327 g/mol. The van der Waals surface area contributed by atoms with E-state index in [1.165, 1.54) is 0 Å². The van der Waals surface area contributed by atoms with E-state index in [4.69, 9.17) is 16.3 Å². The van der Waals surface area contributed by atoms with Crippen LogP contribution in [0.25, 0.3) is 10.9 Å². The van der Waals surface area contributed by atoms with Crippen LogP contribution >= 0.6 is 11.6 Å². The van der Waals surface area contributed by atoms with E-state index in [-0.39, 0.29) is 5.56 Å². The fraction of sp³-hybridized carbons (Fsp3) is 0.211. The average molecular weight is 328 g/mol. The van der Waals surface area contributed by atoms with Crippen molar-refractivity contribution >= 4 is 22.5 Å². The molecule has 1 heterocycles. The maximum Gasteiger partial charge on any atom is 0.251 e. The first kappa shape index (κ1) is 15.6. The van der Waals surface area contributed by atoms with Gasteiger partial charge >= 0.3 is 0 Å². The molecule has 0 amide bonds. The van der Waals surface area contributed by atoms with Crippen LogP contribution in [0.5, 0.6) is 5.75 Å². The van der Waals surface area contributed by atoms with Crippen LogP contribution in [0.4, 0.5) is 0 Å². The first-order valence-electron chi connectivity index (χ1n) is 7.55. The summed E-state index contributed by atoms with van der Waals surface area (Å²) in [6, 6.07) is 15.1. The van der Waals surface area contributed by atoms with Gasteiger partial charge in [-0.1, -0.05) is 41.9 Å². The van der Waals surface area contributed by atoms with Gasteiger partial charge in [0.15, 0.2) is 0 Å². The number of halogens is 1. The molecule has 23 heavy (non-hydrogen) atoms. The van der Waals surface area contributed by atoms with E-state index in [0.717, 1.165) is 22.0 Å². The number of fused-ring (bicyclic) bond motifs is 1. The summed E-state index contributed by atoms with van der Waals surface area (Å²) in [7, 11) is 0. The Morgan fingerprint density at radius 1 is 1.04 bits per heavy atom. The third-order valence-electron chi connectivity index (χ3n) is 3.95. The SMILES string of the molecule is Cc1cc(=O)n(CCOc2ccccc2Cl)c2c(C)cccc12. The van der Waals surface area contributed by atoms with Gasteiger partial charge in [0.05, 0.1) is 17.1 Å². The lowest BCUT2D eigenvalue weighted by Crippen LogP contribution is -2.24. The Kier molecular flexibility index (Phi) is 4.39. The Morgan fingerprint density at radius 3 is 2.61 bits per heavy atom. The smallest absolute Gasteiger partial charge is 0.251 e. The van der Waals surface area contributed by atoms with Crippen LogP contribution in [0.3, 0.4) is 0 Å². The second-order valence-corrected chi connectivity index (χ2v) is 5.97. The summed E-state index contributed by atoms with van der Waals surface area (Å²) >= 11 is 6.08. The Balaban J connectivity index is 1.92. The van der Waals surface area contributed by atoms with Gasteiger partial charge in [0.25, 0.3) is 5.56 Å². The molecule has 0 saturated carbocycles. The molecule has 0 fully saturated rings. The molecule has 118 valence electrons. The van der Waals surface area contributed by atoms with Crippen LogP contribution in [0, 0.1) is 13.8 Å². The van der Waals surface area contributed by atoms with Crippen LogP contribution in [-0.4, -0.2) is 11.2 Å². The van der Waals surface area contributed by atoms with Crippen LogP contribution in [0.1, 0.15) is 11.1 Å². The van der Waals surface area contributed by atoms with Crippen LogP contribution in [-0.2, 0) is 6.54 Å². The number of hydrogen-bond acceptors (Lipinski definition) is 2. The van der Waals surface area contributed by atoms with Gasteiger partial charge in [-0.3, -0.25) is 4.79 Å². The maximum absolute atomic E-state index is 12.4. The van der Waals surface area contributed by atoms with E-state index in [1.807, 2.05) is 50.2 Å². The molecule has 4 heteroatoms. The Hall–Kier alpha value is -2.26. The van der Waals surface area contributed by atoms with Crippen LogP contribution in [0.2, 0.25) is 5.02 Å². The number of ether oxygens (including phenoxy) is 1. The highest BCUT2D eigenvalue weighted by Gasteiger charge is 2.09. The lowest BCUT2D eigenvalue weighted by molar-refractivity contribution is 0.299. The molecule has 3 nitrogen and oxygen atoms in total. The molecule has 0 saturated heterocycles. The second kappa shape index (κ2) is 6.47. The lowest BCUT2D eigenvalue weighted by Gasteiger charge is -2.15. The molecule has 0 spiro atoms. The topological polar surface area (TPSA) is 31.2 Å². The van der Waals surface area contributed by atoms with Gasteiger partial charge in [-0.15, -0.1) is 0 Å². The predicted octanol–water partition coefficient (Wildman–Crippen LogP) is 4.35. The quantitative estimate of drug-likeness (QED) is 0.713. The molecule has 0 bridgehead atoms. The third kappa shape index (κ3) is 3.10. The highest BCUT2D eigenvalue weighted by atomic mass is 35.5. The summed E-state index contributed by atoms with van der Waals surface area (Å²) in [6.07, 6.45) is 0. The van der Waals surface area contributed by atoms with Crippen molar-refractivity contribution in [2.45, 2.75) is 20.4 Å². The van der Waals surface area contributed by atoms with Crippen molar-refractivity contribution in [3.05, 3.63) is 75.0 Å². The molecule has 2 aromatic carbocycles. The molecule has 0 unspecified atom stereocenters. The van der Waals surface area contributed by atoms with Gasteiger partial charge in [0.1, 0.15) is 12.4 Å². The maximum atomic E-state index is 12.4. The van der Waals surface area contributed by atoms with Crippen molar-refractivity contribution < 1.29 is 4.74 Å². The highest BCUT2D eigenvalue weighted by Crippen LogP contribution is 2.23. The normalized spacial score (nSPS) is 10.9. The number of nitrogens with zero attached hydrogens (tertiary/aromatic N) is 1. The first-order chi connectivity index (χ1) is 11.1. The van der Waals surface area contributed by atoms with Crippen LogP contribution < -0.4 is 10.3 Å². The van der Waals surface area contributed by atoms with Crippen molar-refractivity contribution in [1.29, 1.82) is 0 Å². The van der Waals surface area contributed by atoms with Gasteiger partial charge in [0, 0.05) is 11.5 Å². The number of aryl methyl sites for hydroxylation is 2. The van der Waals surface area contributed by atoms with Crippen LogP contribution in [0.15, 0.2) is 53.3 Å². The Bertz CT molecular complexity index is 915. The molecule has 0 atom stereocenters. The van der Waals surface area contributed by atoms with Crippen molar-refractivity contribution in [2.75, 3.05) is 6.61 Å². The molecule has 0 N–H and O–H groups in total. The summed E-state index contributed by atoms with van der Waals surface area (Å²) in [5.41, 5.74) is 3.05. The van der Waals surface area contributed by atoms with Gasteiger partial charge < -0.3 is 9.30 Å². The van der Waals surface area contributed by atoms with Crippen molar-refractivity contribution in [3.63, 3.8) is 0 Å². The summed E-state index contributed by atoms with van der Waals surface area (Å²) < 4.78 is 7.50. The molecule has 3 rings (SSSR count). The van der Waals surface area contributed by atoms with E-state index in [1.54, 1.807) is 16.7 Å². The number of hydrogen-bond donors (Lipinski definition) is 0. The zero-order valence-corrected chi connectivity index (χ0v) is 13.9. The minimum absolute atomic E-state index is 0.00735. The summed E-state index contributed by atoms with van der Waals surface area (Å²) in [6.45, 7) is 4.85. The lowest BCUT2D eigenvalue weighted by atomic mass is 10.1. The van der Waals surface area contributed by atoms with E-state index >= 15 is 0 Å². The van der Waals surface area contributed by atoms with E-state index in [0.29, 0.717) is 23.9 Å². The fourth-order valence-electron chi connectivity index (χ4n) is 2.82. The van der Waals surface area contributed by atoms with E-state index in [2.05, 4.69) is 0 Å². The summed E-state index contributed by atoms with van der Waals surface area (Å²) in [4.78, 5) is 12.4. The molecule has 1 aromatic heterocycles. The molecule has 0 aliphatic rings. The Labute approximate surface area is 140 Å². The predicted molar refractivity (Wildman–Crippen MR) is 94.6 cm³/mol. The van der Waals surface area contributed by atoms with Crippen molar-refractivity contribution in [3.8, 4) is 5.75 Å². The highest BCUT2D eigenvalue weighted by molar-refractivity contribution is 6.32. The molecule has 0 radical (unpaired) electrons. The zero-order chi connectivity index (χ0) is 16.4. The van der Waals surface area contributed by atoms with Gasteiger partial charge in [0.2, 0.25) is 0 Å². The minimum atomic E-state index is -0.00735. The molecular formula is C19H18ClNO2. The molecule has 0 aliphatic heterocycles.